The average molecular weight is 571 g/mol. The first-order valence-corrected chi connectivity index (χ1v) is 14.1. The zero-order valence-corrected chi connectivity index (χ0v) is 23.4. The van der Waals surface area contributed by atoms with Crippen molar-refractivity contribution in [3.05, 3.63) is 65.2 Å². The summed E-state index contributed by atoms with van der Waals surface area (Å²) in [6.45, 7) is 3.10. The summed E-state index contributed by atoms with van der Waals surface area (Å²) in [5.74, 6) is 2.84. The van der Waals surface area contributed by atoms with Crippen molar-refractivity contribution in [2.45, 2.75) is 38.1 Å². The summed E-state index contributed by atoms with van der Waals surface area (Å²) in [7, 11) is 1.64. The largest absolute Gasteiger partial charge is 0.497 e. The summed E-state index contributed by atoms with van der Waals surface area (Å²) in [4.78, 5) is 34.6. The van der Waals surface area contributed by atoms with Gasteiger partial charge in [-0.1, -0.05) is 36.4 Å². The minimum atomic E-state index is -0.440. The lowest BCUT2D eigenvalue weighted by Gasteiger charge is -2.21. The Morgan fingerprint density at radius 2 is 1.26 bits per heavy atom. The van der Waals surface area contributed by atoms with Gasteiger partial charge < -0.3 is 35.4 Å². The van der Waals surface area contributed by atoms with Gasteiger partial charge in [-0.05, 0) is 36.1 Å². The first-order chi connectivity index (χ1) is 20.5. The van der Waals surface area contributed by atoms with E-state index in [0.29, 0.717) is 92.2 Å². The Labute approximate surface area is 243 Å². The molecule has 2 aromatic carbocycles. The van der Waals surface area contributed by atoms with Crippen LogP contribution in [0.4, 0.5) is 23.5 Å². The van der Waals surface area contributed by atoms with Crippen molar-refractivity contribution in [2.24, 2.45) is 0 Å². The molecule has 4 heterocycles. The highest BCUT2D eigenvalue weighted by Gasteiger charge is 2.27. The van der Waals surface area contributed by atoms with Gasteiger partial charge in [-0.3, -0.25) is 4.79 Å². The Hall–Kier alpha value is -4.55. The number of β-amino-alcohol motifs (C(OH)–C–C–N with tert-alkyl or cyclic N) is 2. The number of benzene rings is 2. The summed E-state index contributed by atoms with van der Waals surface area (Å²) in [6, 6.07) is 15.1. The number of aromatic nitrogens is 4. The van der Waals surface area contributed by atoms with Gasteiger partial charge >= 0.3 is 0 Å². The second kappa shape index (κ2) is 12.1. The van der Waals surface area contributed by atoms with E-state index in [-0.39, 0.29) is 0 Å². The summed E-state index contributed by atoms with van der Waals surface area (Å²) in [6.07, 6.45) is 1.23. The topological polar surface area (TPSA) is 149 Å². The lowest BCUT2D eigenvalue weighted by molar-refractivity contribution is 0.112. The Balaban J connectivity index is 1.40. The standard InChI is InChI=1S/C30H34N8O4/c1-42-24-8-6-20(7-9-24)15-32-28-26-25(33-30(36-28)38-13-11-23(41)17-38)27(31-14-19-2-4-21(18-39)5-3-19)35-29(34-26)37-12-10-22(40)16-37/h2-9,18,22-23,40-41H,10-17H2,1H3,(H,31,34,35)(H,32,33,36). The lowest BCUT2D eigenvalue weighted by Crippen LogP contribution is -2.25. The molecule has 12 nitrogen and oxygen atoms in total. The molecular weight excluding hydrogens is 536 g/mol. The number of anilines is 4. The molecule has 2 saturated heterocycles. The highest BCUT2D eigenvalue weighted by Crippen LogP contribution is 2.31. The van der Waals surface area contributed by atoms with Crippen LogP contribution in [0.1, 0.15) is 34.3 Å². The summed E-state index contributed by atoms with van der Waals surface area (Å²) < 4.78 is 5.29. The fraction of sp³-hybridized carbons (Fsp3) is 0.367. The van der Waals surface area contributed by atoms with Gasteiger partial charge in [0.1, 0.15) is 23.1 Å². The zero-order chi connectivity index (χ0) is 29.1. The second-order valence-electron chi connectivity index (χ2n) is 10.6. The molecule has 2 unspecified atom stereocenters. The van der Waals surface area contributed by atoms with Crippen molar-refractivity contribution in [1.82, 2.24) is 19.9 Å². The van der Waals surface area contributed by atoms with Crippen molar-refractivity contribution in [3.63, 3.8) is 0 Å². The predicted molar refractivity (Wildman–Crippen MR) is 160 cm³/mol. The number of nitrogens with one attached hydrogen (secondary N) is 2. The molecule has 2 aliphatic rings. The number of methoxy groups -OCH3 is 1. The van der Waals surface area contributed by atoms with Gasteiger partial charge in [-0.25, -0.2) is 9.97 Å². The molecule has 218 valence electrons. The van der Waals surface area contributed by atoms with Gasteiger partial charge in [-0.2, -0.15) is 9.97 Å². The number of rotatable bonds is 10. The molecule has 42 heavy (non-hydrogen) atoms. The quantitative estimate of drug-likeness (QED) is 0.208. The fourth-order valence-electron chi connectivity index (χ4n) is 5.20. The number of hydrogen-bond acceptors (Lipinski definition) is 12. The van der Waals surface area contributed by atoms with Crippen LogP contribution in [0.2, 0.25) is 0 Å². The molecule has 0 spiro atoms. The molecule has 4 aromatic rings. The van der Waals surface area contributed by atoms with Gasteiger partial charge in [0, 0.05) is 44.8 Å². The van der Waals surface area contributed by atoms with Crippen LogP contribution >= 0.6 is 0 Å². The first-order valence-electron chi connectivity index (χ1n) is 14.1. The molecule has 6 rings (SSSR count). The molecule has 2 aliphatic heterocycles. The third-order valence-corrected chi connectivity index (χ3v) is 7.61. The van der Waals surface area contributed by atoms with E-state index in [2.05, 4.69) is 10.6 Å². The number of carbonyl (C=O) groups excluding carboxylic acids is 1. The van der Waals surface area contributed by atoms with Crippen molar-refractivity contribution in [3.8, 4) is 5.75 Å². The fourth-order valence-corrected chi connectivity index (χ4v) is 5.20. The van der Waals surface area contributed by atoms with E-state index in [1.807, 2.05) is 46.2 Å². The molecule has 2 atom stereocenters. The molecule has 4 N–H and O–H groups in total. The van der Waals surface area contributed by atoms with Crippen molar-refractivity contribution < 1.29 is 19.7 Å². The summed E-state index contributed by atoms with van der Waals surface area (Å²) >= 11 is 0. The molecule has 0 amide bonds. The van der Waals surface area contributed by atoms with Gasteiger partial charge in [0.05, 0.1) is 19.3 Å². The predicted octanol–water partition coefficient (Wildman–Crippen LogP) is 2.61. The number of aldehydes is 1. The Bertz CT molecular complexity index is 1550. The molecule has 0 radical (unpaired) electrons. The van der Waals surface area contributed by atoms with Gasteiger partial charge in [-0.15, -0.1) is 0 Å². The molecule has 2 fully saturated rings. The maximum atomic E-state index is 11.1. The van der Waals surface area contributed by atoms with Crippen molar-refractivity contribution in [1.29, 1.82) is 0 Å². The number of fused-ring (bicyclic) bond motifs is 1. The molecule has 2 aromatic heterocycles. The van der Waals surface area contributed by atoms with Crippen LogP contribution in [-0.4, -0.2) is 81.9 Å². The SMILES string of the molecule is COc1ccc(CNc2nc(N3CCC(O)C3)nc3c(NCc4ccc(C=O)cc4)nc(N4CCC(O)C4)nc23)cc1. The monoisotopic (exact) mass is 570 g/mol. The molecule has 0 saturated carbocycles. The highest BCUT2D eigenvalue weighted by molar-refractivity contribution is 5.94. The maximum Gasteiger partial charge on any atom is 0.228 e. The van der Waals surface area contributed by atoms with Crippen LogP contribution < -0.4 is 25.2 Å². The minimum Gasteiger partial charge on any atom is -0.497 e. The molecule has 12 heteroatoms. The van der Waals surface area contributed by atoms with Crippen LogP contribution in [0.25, 0.3) is 11.0 Å². The zero-order valence-electron chi connectivity index (χ0n) is 23.4. The van der Waals surface area contributed by atoms with E-state index in [1.165, 1.54) is 0 Å². The third kappa shape index (κ3) is 6.04. The summed E-state index contributed by atoms with van der Waals surface area (Å²) in [5.41, 5.74) is 3.72. The van der Waals surface area contributed by atoms with E-state index < -0.39 is 12.2 Å². The lowest BCUT2D eigenvalue weighted by atomic mass is 10.1. The Morgan fingerprint density at radius 3 is 1.67 bits per heavy atom. The van der Waals surface area contributed by atoms with Gasteiger partial charge in [0.2, 0.25) is 11.9 Å². The summed E-state index contributed by atoms with van der Waals surface area (Å²) in [5, 5.41) is 27.3. The van der Waals surface area contributed by atoms with E-state index in [4.69, 9.17) is 24.7 Å². The van der Waals surface area contributed by atoms with Crippen LogP contribution in [0.5, 0.6) is 5.75 Å². The maximum absolute atomic E-state index is 11.1. The van der Waals surface area contributed by atoms with Crippen LogP contribution in [0, 0.1) is 0 Å². The van der Waals surface area contributed by atoms with Gasteiger partial charge in [0.15, 0.2) is 11.6 Å². The van der Waals surface area contributed by atoms with Crippen molar-refractivity contribution in [2.75, 3.05) is 53.7 Å². The van der Waals surface area contributed by atoms with Crippen LogP contribution in [-0.2, 0) is 13.1 Å². The van der Waals surface area contributed by atoms with Gasteiger partial charge in [0.25, 0.3) is 0 Å². The molecule has 0 aliphatic carbocycles. The third-order valence-electron chi connectivity index (χ3n) is 7.61. The number of aliphatic hydroxyl groups is 2. The van der Waals surface area contributed by atoms with E-state index in [1.54, 1.807) is 19.2 Å². The van der Waals surface area contributed by atoms with E-state index >= 15 is 0 Å². The highest BCUT2D eigenvalue weighted by atomic mass is 16.5. The average Bonchev–Trinajstić information content (AvgIpc) is 3.67. The number of carbonyl (C=O) groups is 1. The second-order valence-corrected chi connectivity index (χ2v) is 10.6. The van der Waals surface area contributed by atoms with Crippen LogP contribution in [0.15, 0.2) is 48.5 Å². The number of hydrogen-bond donors (Lipinski definition) is 4. The first kappa shape index (κ1) is 27.6. The van der Waals surface area contributed by atoms with E-state index in [9.17, 15) is 15.0 Å². The minimum absolute atomic E-state index is 0.438. The van der Waals surface area contributed by atoms with Crippen LogP contribution in [0.3, 0.4) is 0 Å². The molecule has 0 bridgehead atoms. The van der Waals surface area contributed by atoms with Crippen molar-refractivity contribution >= 4 is 40.9 Å². The number of aliphatic hydroxyl groups excluding tert-OH is 2. The normalized spacial score (nSPS) is 18.5. The smallest absolute Gasteiger partial charge is 0.228 e. The Kier molecular flexibility index (Phi) is 7.97. The van der Waals surface area contributed by atoms with E-state index in [0.717, 1.165) is 23.2 Å². The number of nitrogens with zero attached hydrogens (tertiary/aromatic N) is 6. The number of ether oxygens (including phenoxy) is 1. The Morgan fingerprint density at radius 1 is 0.786 bits per heavy atom. The molecular formula is C30H34N8O4.